The number of nitrogens with one attached hydrogen (secondary N) is 1. The molecule has 1 aliphatic heterocycles. The van der Waals surface area contributed by atoms with Crippen LogP contribution < -0.4 is 10.2 Å². The predicted octanol–water partition coefficient (Wildman–Crippen LogP) is 3.58. The fraction of sp³-hybridized carbons (Fsp3) is 0.261. The number of aromatic nitrogens is 2. The van der Waals surface area contributed by atoms with Crippen LogP contribution in [0.1, 0.15) is 22.3 Å². The summed E-state index contributed by atoms with van der Waals surface area (Å²) < 4.78 is 13.0. The zero-order chi connectivity index (χ0) is 20.8. The SMILES string of the molecule is O=C(Nc1ccc(N2CCCN(Cc3cccnc3)CC2)nc1)c1ccc(F)cc1. The van der Waals surface area contributed by atoms with Crippen LogP contribution in [0.15, 0.2) is 67.1 Å². The number of carbonyl (C=O) groups excluding carboxylic acids is 1. The number of halogens is 1. The molecule has 1 amide bonds. The van der Waals surface area contributed by atoms with E-state index < -0.39 is 0 Å². The van der Waals surface area contributed by atoms with Gasteiger partial charge in [0.15, 0.2) is 0 Å². The summed E-state index contributed by atoms with van der Waals surface area (Å²) in [4.78, 5) is 25.7. The molecule has 6 nitrogen and oxygen atoms in total. The van der Waals surface area contributed by atoms with Crippen LogP contribution >= 0.6 is 0 Å². The lowest BCUT2D eigenvalue weighted by molar-refractivity contribution is 0.102. The van der Waals surface area contributed by atoms with Crippen LogP contribution in [0, 0.1) is 5.82 Å². The fourth-order valence-corrected chi connectivity index (χ4v) is 3.56. The molecular weight excluding hydrogens is 381 g/mol. The predicted molar refractivity (Wildman–Crippen MR) is 115 cm³/mol. The standard InChI is InChI=1S/C23H24FN5O/c24-20-6-4-19(5-7-20)23(30)27-21-8-9-22(26-16-21)29-12-2-11-28(13-14-29)17-18-3-1-10-25-15-18/h1,3-10,15-16H,2,11-14,17H2,(H,27,30). The van der Waals surface area contributed by atoms with E-state index in [1.807, 2.05) is 24.4 Å². The van der Waals surface area contributed by atoms with E-state index in [1.165, 1.54) is 29.8 Å². The molecule has 0 radical (unpaired) electrons. The molecule has 0 unspecified atom stereocenters. The first kappa shape index (κ1) is 20.0. The largest absolute Gasteiger partial charge is 0.355 e. The molecule has 3 heterocycles. The van der Waals surface area contributed by atoms with Gasteiger partial charge >= 0.3 is 0 Å². The van der Waals surface area contributed by atoms with Crippen LogP contribution in [-0.2, 0) is 6.54 Å². The smallest absolute Gasteiger partial charge is 0.255 e. The second kappa shape index (κ2) is 9.45. The average Bonchev–Trinajstić information content (AvgIpc) is 3.01. The number of anilines is 2. The fourth-order valence-electron chi connectivity index (χ4n) is 3.56. The van der Waals surface area contributed by atoms with Gasteiger partial charge in [-0.05, 0) is 54.4 Å². The summed E-state index contributed by atoms with van der Waals surface area (Å²) >= 11 is 0. The summed E-state index contributed by atoms with van der Waals surface area (Å²) in [6.45, 7) is 4.74. The molecule has 3 aromatic rings. The molecule has 154 valence electrons. The number of carbonyl (C=O) groups is 1. The van der Waals surface area contributed by atoms with Gasteiger partial charge in [-0.25, -0.2) is 9.37 Å². The molecule has 0 saturated carbocycles. The first-order valence-electron chi connectivity index (χ1n) is 10.1. The third-order valence-electron chi connectivity index (χ3n) is 5.15. The molecule has 1 aliphatic rings. The molecule has 0 bridgehead atoms. The van der Waals surface area contributed by atoms with Gasteiger partial charge in [0, 0.05) is 50.7 Å². The third kappa shape index (κ3) is 5.18. The summed E-state index contributed by atoms with van der Waals surface area (Å²) in [5.41, 5.74) is 2.24. The van der Waals surface area contributed by atoms with Crippen LogP contribution in [0.2, 0.25) is 0 Å². The van der Waals surface area contributed by atoms with Crippen LogP contribution in [-0.4, -0.2) is 47.0 Å². The second-order valence-corrected chi connectivity index (χ2v) is 7.34. The highest BCUT2D eigenvalue weighted by Gasteiger charge is 2.16. The van der Waals surface area contributed by atoms with Crippen molar-refractivity contribution < 1.29 is 9.18 Å². The monoisotopic (exact) mass is 405 g/mol. The van der Waals surface area contributed by atoms with E-state index in [4.69, 9.17) is 0 Å². The Balaban J connectivity index is 1.33. The summed E-state index contributed by atoms with van der Waals surface area (Å²) in [7, 11) is 0. The number of nitrogens with zero attached hydrogens (tertiary/aromatic N) is 4. The quantitative estimate of drug-likeness (QED) is 0.703. The van der Waals surface area contributed by atoms with Crippen molar-refractivity contribution in [1.29, 1.82) is 0 Å². The van der Waals surface area contributed by atoms with Crippen LogP contribution in [0.4, 0.5) is 15.9 Å². The number of pyridine rings is 2. The second-order valence-electron chi connectivity index (χ2n) is 7.34. The van der Waals surface area contributed by atoms with Gasteiger partial charge < -0.3 is 10.2 Å². The van der Waals surface area contributed by atoms with Gasteiger partial charge in [0.2, 0.25) is 0 Å². The van der Waals surface area contributed by atoms with Crippen molar-refractivity contribution in [3.8, 4) is 0 Å². The maximum Gasteiger partial charge on any atom is 0.255 e. The first-order chi connectivity index (χ1) is 14.7. The minimum atomic E-state index is -0.367. The van der Waals surface area contributed by atoms with E-state index in [0.29, 0.717) is 11.3 Å². The van der Waals surface area contributed by atoms with Crippen molar-refractivity contribution in [2.75, 3.05) is 36.4 Å². The molecule has 1 N–H and O–H groups in total. The average molecular weight is 405 g/mol. The lowest BCUT2D eigenvalue weighted by Crippen LogP contribution is -2.31. The Morgan fingerprint density at radius 3 is 2.60 bits per heavy atom. The van der Waals surface area contributed by atoms with Crippen molar-refractivity contribution in [2.24, 2.45) is 0 Å². The van der Waals surface area contributed by atoms with Gasteiger partial charge in [0.1, 0.15) is 11.6 Å². The zero-order valence-electron chi connectivity index (χ0n) is 16.7. The molecule has 4 rings (SSSR count). The number of amides is 1. The summed E-state index contributed by atoms with van der Waals surface area (Å²) in [6.07, 6.45) is 6.44. The minimum absolute atomic E-state index is 0.287. The molecule has 2 aromatic heterocycles. The maximum absolute atomic E-state index is 13.0. The Kier molecular flexibility index (Phi) is 6.29. The molecule has 30 heavy (non-hydrogen) atoms. The van der Waals surface area contributed by atoms with E-state index >= 15 is 0 Å². The molecule has 1 fully saturated rings. The Morgan fingerprint density at radius 1 is 1.00 bits per heavy atom. The van der Waals surface area contributed by atoms with E-state index in [2.05, 4.69) is 31.2 Å². The summed E-state index contributed by atoms with van der Waals surface area (Å²) in [5.74, 6) is 0.248. The molecule has 1 saturated heterocycles. The lowest BCUT2D eigenvalue weighted by atomic mass is 10.2. The van der Waals surface area contributed by atoms with E-state index in [0.717, 1.165) is 45.0 Å². The molecule has 0 spiro atoms. The van der Waals surface area contributed by atoms with Crippen molar-refractivity contribution in [1.82, 2.24) is 14.9 Å². The summed E-state index contributed by atoms with van der Waals surface area (Å²) in [5, 5.41) is 2.80. The Bertz CT molecular complexity index is 963. The van der Waals surface area contributed by atoms with Gasteiger partial charge in [-0.2, -0.15) is 0 Å². The van der Waals surface area contributed by atoms with Gasteiger partial charge in [0.25, 0.3) is 5.91 Å². The molecule has 0 aliphatic carbocycles. The number of benzene rings is 1. The molecule has 1 aromatic carbocycles. The van der Waals surface area contributed by atoms with Crippen molar-refractivity contribution >= 4 is 17.4 Å². The number of rotatable bonds is 5. The number of hydrogen-bond donors (Lipinski definition) is 1. The normalized spacial score (nSPS) is 14.9. The number of hydrogen-bond acceptors (Lipinski definition) is 5. The lowest BCUT2D eigenvalue weighted by Gasteiger charge is -2.23. The minimum Gasteiger partial charge on any atom is -0.355 e. The van der Waals surface area contributed by atoms with E-state index in [9.17, 15) is 9.18 Å². The van der Waals surface area contributed by atoms with E-state index in [-0.39, 0.29) is 11.7 Å². The van der Waals surface area contributed by atoms with Crippen LogP contribution in [0.3, 0.4) is 0 Å². The van der Waals surface area contributed by atoms with Crippen LogP contribution in [0.5, 0.6) is 0 Å². The van der Waals surface area contributed by atoms with Crippen LogP contribution in [0.25, 0.3) is 0 Å². The van der Waals surface area contributed by atoms with Crippen molar-refractivity contribution in [2.45, 2.75) is 13.0 Å². The summed E-state index contributed by atoms with van der Waals surface area (Å²) in [6, 6.07) is 13.3. The Hall–Kier alpha value is -3.32. The maximum atomic E-state index is 13.0. The Morgan fingerprint density at radius 2 is 1.87 bits per heavy atom. The first-order valence-corrected chi connectivity index (χ1v) is 10.1. The van der Waals surface area contributed by atoms with Gasteiger partial charge in [-0.3, -0.25) is 14.7 Å². The topological polar surface area (TPSA) is 61.4 Å². The third-order valence-corrected chi connectivity index (χ3v) is 5.15. The molecule has 7 heteroatoms. The Labute approximate surface area is 175 Å². The zero-order valence-corrected chi connectivity index (χ0v) is 16.7. The highest BCUT2D eigenvalue weighted by atomic mass is 19.1. The van der Waals surface area contributed by atoms with E-state index in [1.54, 1.807) is 12.4 Å². The molecule has 0 atom stereocenters. The van der Waals surface area contributed by atoms with Crippen molar-refractivity contribution in [3.63, 3.8) is 0 Å². The van der Waals surface area contributed by atoms with Crippen molar-refractivity contribution in [3.05, 3.63) is 84.1 Å². The highest BCUT2D eigenvalue weighted by Crippen LogP contribution is 2.18. The van der Waals surface area contributed by atoms with Gasteiger partial charge in [0.05, 0.1) is 11.9 Å². The van der Waals surface area contributed by atoms with Gasteiger partial charge in [-0.15, -0.1) is 0 Å². The van der Waals surface area contributed by atoms with Gasteiger partial charge in [-0.1, -0.05) is 6.07 Å². The molecular formula is C23H24FN5O. The highest BCUT2D eigenvalue weighted by molar-refractivity contribution is 6.04.